The Morgan fingerprint density at radius 2 is 1.82 bits per heavy atom. The molecule has 0 aromatic heterocycles. The third-order valence-electron chi connectivity index (χ3n) is 4.08. The van der Waals surface area contributed by atoms with Crippen molar-refractivity contribution in [1.82, 2.24) is 9.62 Å². The van der Waals surface area contributed by atoms with Crippen molar-refractivity contribution >= 4 is 39.1 Å². The summed E-state index contributed by atoms with van der Waals surface area (Å²) in [7, 11) is -2.35. The average Bonchev–Trinajstić information content (AvgIpc) is 2.68. The minimum Gasteiger partial charge on any atom is -0.497 e. The van der Waals surface area contributed by atoms with Crippen LogP contribution < -0.4 is 10.1 Å². The summed E-state index contributed by atoms with van der Waals surface area (Å²) in [5, 5.41) is 3.05. The van der Waals surface area contributed by atoms with E-state index in [1.165, 1.54) is 18.2 Å². The molecule has 0 spiro atoms. The number of ether oxygens (including phenoxy) is 1. The lowest BCUT2D eigenvalue weighted by Gasteiger charge is -2.21. The highest BCUT2D eigenvalue weighted by molar-refractivity contribution is 7.89. The van der Waals surface area contributed by atoms with E-state index in [0.717, 1.165) is 15.6 Å². The fraction of sp³-hybridized carbons (Fsp3) is 0.316. The molecule has 9 heteroatoms. The number of rotatable bonds is 9. The number of likely N-dealkylation sites (N-methyl/N-ethyl adjacent to an activating group) is 1. The van der Waals surface area contributed by atoms with Gasteiger partial charge in [-0.2, -0.15) is 4.31 Å². The van der Waals surface area contributed by atoms with Crippen LogP contribution in [0.2, 0.25) is 10.0 Å². The number of benzene rings is 2. The number of nitrogens with zero attached hydrogens (tertiary/aromatic N) is 1. The molecule has 0 saturated carbocycles. The lowest BCUT2D eigenvalue weighted by atomic mass is 10.1. The first-order valence-corrected chi connectivity index (χ1v) is 10.8. The molecule has 6 nitrogen and oxygen atoms in total. The van der Waals surface area contributed by atoms with Gasteiger partial charge in [0.15, 0.2) is 0 Å². The van der Waals surface area contributed by atoms with Gasteiger partial charge in [0.05, 0.1) is 18.7 Å². The molecular formula is C19H22Cl2N2O4S. The monoisotopic (exact) mass is 444 g/mol. The Morgan fingerprint density at radius 3 is 2.43 bits per heavy atom. The number of carbonyl (C=O) groups excluding carboxylic acids is 1. The zero-order valence-electron chi connectivity index (χ0n) is 15.6. The maximum absolute atomic E-state index is 12.8. The molecule has 0 radical (unpaired) electrons. The fourth-order valence-electron chi connectivity index (χ4n) is 2.54. The van der Waals surface area contributed by atoms with Crippen LogP contribution in [0.5, 0.6) is 5.75 Å². The average molecular weight is 445 g/mol. The third kappa shape index (κ3) is 5.85. The maximum Gasteiger partial charge on any atom is 0.245 e. The number of hydrogen-bond acceptors (Lipinski definition) is 4. The predicted molar refractivity (Wildman–Crippen MR) is 111 cm³/mol. The molecule has 152 valence electrons. The normalized spacial score (nSPS) is 11.5. The molecule has 0 atom stereocenters. The molecule has 0 aliphatic carbocycles. The van der Waals surface area contributed by atoms with Crippen LogP contribution in [0, 0.1) is 0 Å². The van der Waals surface area contributed by atoms with E-state index in [2.05, 4.69) is 5.32 Å². The van der Waals surface area contributed by atoms with Gasteiger partial charge in [0.2, 0.25) is 15.9 Å². The van der Waals surface area contributed by atoms with Gasteiger partial charge in [-0.3, -0.25) is 4.79 Å². The van der Waals surface area contributed by atoms with E-state index in [-0.39, 0.29) is 28.0 Å². The molecule has 1 amide bonds. The maximum atomic E-state index is 12.8. The van der Waals surface area contributed by atoms with Crippen LogP contribution in [0.15, 0.2) is 47.4 Å². The number of carbonyl (C=O) groups is 1. The first kappa shape index (κ1) is 22.5. The van der Waals surface area contributed by atoms with Crippen molar-refractivity contribution in [3.63, 3.8) is 0 Å². The van der Waals surface area contributed by atoms with Crippen LogP contribution in [-0.4, -0.2) is 45.4 Å². The fourth-order valence-corrected chi connectivity index (χ4v) is 4.68. The Balaban J connectivity index is 1.97. The number of halogens is 2. The summed E-state index contributed by atoms with van der Waals surface area (Å²) >= 11 is 11.9. The summed E-state index contributed by atoms with van der Waals surface area (Å²) in [4.78, 5) is 12.1. The Labute approximate surface area is 175 Å². The van der Waals surface area contributed by atoms with Crippen LogP contribution in [0.4, 0.5) is 0 Å². The van der Waals surface area contributed by atoms with Gasteiger partial charge in [-0.25, -0.2) is 8.42 Å². The highest BCUT2D eigenvalue weighted by atomic mass is 35.5. The van der Waals surface area contributed by atoms with Gasteiger partial charge in [0.25, 0.3) is 0 Å². The van der Waals surface area contributed by atoms with E-state index in [0.29, 0.717) is 13.0 Å². The van der Waals surface area contributed by atoms with Crippen LogP contribution in [0.1, 0.15) is 12.5 Å². The first-order chi connectivity index (χ1) is 13.3. The van der Waals surface area contributed by atoms with Crippen LogP contribution in [0.25, 0.3) is 0 Å². The second-order valence-electron chi connectivity index (χ2n) is 5.95. The van der Waals surface area contributed by atoms with Gasteiger partial charge in [-0.1, -0.05) is 42.3 Å². The molecule has 0 aliphatic rings. The second-order valence-corrected chi connectivity index (χ2v) is 8.70. The number of nitrogens with one attached hydrogen (secondary N) is 1. The molecule has 0 aliphatic heterocycles. The molecular weight excluding hydrogens is 423 g/mol. The molecule has 0 saturated heterocycles. The lowest BCUT2D eigenvalue weighted by Crippen LogP contribution is -2.41. The summed E-state index contributed by atoms with van der Waals surface area (Å²) in [6, 6.07) is 11.7. The molecule has 0 fully saturated rings. The third-order valence-corrected chi connectivity index (χ3v) is 6.72. The predicted octanol–water partition coefficient (Wildman–Crippen LogP) is 3.37. The van der Waals surface area contributed by atoms with E-state index < -0.39 is 15.9 Å². The smallest absolute Gasteiger partial charge is 0.245 e. The summed E-state index contributed by atoms with van der Waals surface area (Å²) in [6.45, 7) is 1.86. The lowest BCUT2D eigenvalue weighted by molar-refractivity contribution is -0.121. The molecule has 0 heterocycles. The molecule has 1 N–H and O–H groups in total. The number of sulfonamides is 1. The Hall–Kier alpha value is -1.80. The Morgan fingerprint density at radius 1 is 1.14 bits per heavy atom. The first-order valence-electron chi connectivity index (χ1n) is 8.62. The highest BCUT2D eigenvalue weighted by Crippen LogP contribution is 2.27. The summed E-state index contributed by atoms with van der Waals surface area (Å²) in [6.07, 6.45) is 0.620. The van der Waals surface area contributed by atoms with Crippen LogP contribution in [0.3, 0.4) is 0 Å². The van der Waals surface area contributed by atoms with Gasteiger partial charge < -0.3 is 10.1 Å². The number of hydrogen-bond donors (Lipinski definition) is 1. The molecule has 0 unspecified atom stereocenters. The Kier molecular flexibility index (Phi) is 8.12. The largest absolute Gasteiger partial charge is 0.497 e. The van der Waals surface area contributed by atoms with Crippen molar-refractivity contribution in [1.29, 1.82) is 0 Å². The number of amides is 1. The van der Waals surface area contributed by atoms with Crippen molar-refractivity contribution in [2.24, 2.45) is 0 Å². The highest BCUT2D eigenvalue weighted by Gasteiger charge is 2.27. The van der Waals surface area contributed by atoms with Gasteiger partial charge >= 0.3 is 0 Å². The minimum absolute atomic E-state index is 0.0581. The zero-order chi connectivity index (χ0) is 20.7. The van der Waals surface area contributed by atoms with Crippen LogP contribution >= 0.6 is 23.2 Å². The van der Waals surface area contributed by atoms with E-state index >= 15 is 0 Å². The van der Waals surface area contributed by atoms with Crippen molar-refractivity contribution in [3.05, 3.63) is 58.1 Å². The van der Waals surface area contributed by atoms with Crippen LogP contribution in [-0.2, 0) is 21.2 Å². The van der Waals surface area contributed by atoms with E-state index in [1.54, 1.807) is 14.0 Å². The molecule has 28 heavy (non-hydrogen) atoms. The number of methoxy groups -OCH3 is 1. The molecule has 2 aromatic carbocycles. The summed E-state index contributed by atoms with van der Waals surface area (Å²) in [5.74, 6) is 0.369. The van der Waals surface area contributed by atoms with Gasteiger partial charge in [0.1, 0.15) is 10.6 Å². The molecule has 2 rings (SSSR count). The quantitative estimate of drug-likeness (QED) is 0.642. The SMILES string of the molecule is CCN(CC(=O)NCCc1ccc(OC)cc1)S(=O)(=O)c1cc(Cl)ccc1Cl. The van der Waals surface area contributed by atoms with Crippen molar-refractivity contribution in [3.8, 4) is 5.75 Å². The van der Waals surface area contributed by atoms with E-state index in [9.17, 15) is 13.2 Å². The zero-order valence-corrected chi connectivity index (χ0v) is 17.9. The summed E-state index contributed by atoms with van der Waals surface area (Å²) < 4.78 is 31.8. The topological polar surface area (TPSA) is 75.7 Å². The van der Waals surface area contributed by atoms with Gasteiger partial charge in [0, 0.05) is 18.1 Å². The minimum atomic E-state index is -3.94. The van der Waals surface area contributed by atoms with Gasteiger partial charge in [-0.15, -0.1) is 0 Å². The second kappa shape index (κ2) is 10.1. The van der Waals surface area contributed by atoms with Crippen molar-refractivity contribution in [2.45, 2.75) is 18.2 Å². The van der Waals surface area contributed by atoms with E-state index in [1.807, 2.05) is 24.3 Å². The van der Waals surface area contributed by atoms with E-state index in [4.69, 9.17) is 27.9 Å². The molecule has 0 bridgehead atoms. The van der Waals surface area contributed by atoms with Crippen molar-refractivity contribution < 1.29 is 17.9 Å². The Bertz CT molecular complexity index is 918. The summed E-state index contributed by atoms with van der Waals surface area (Å²) in [5.41, 5.74) is 1.03. The molecule has 2 aromatic rings. The van der Waals surface area contributed by atoms with Crippen molar-refractivity contribution in [2.75, 3.05) is 26.7 Å². The standard InChI is InChI=1S/C19H22Cl2N2O4S/c1-3-23(28(25,26)18-12-15(20)6-9-17(18)21)13-19(24)22-11-10-14-4-7-16(27-2)8-5-14/h4-9,12H,3,10-11,13H2,1-2H3,(H,22,24). The van der Waals surface area contributed by atoms with Gasteiger partial charge in [-0.05, 0) is 42.3 Å².